The molecule has 1 aliphatic rings. The summed E-state index contributed by atoms with van der Waals surface area (Å²) in [5.41, 5.74) is -2.05. The molecule has 1 fully saturated rings. The van der Waals surface area contributed by atoms with E-state index in [0.29, 0.717) is 5.75 Å². The molecule has 0 saturated heterocycles. The number of carboxylic acid groups (broad SMARTS) is 1. The Hall–Kier alpha value is -2.03. The summed E-state index contributed by atoms with van der Waals surface area (Å²) in [6, 6.07) is 1.42. The molecule has 1 heterocycles. The van der Waals surface area contributed by atoms with E-state index in [4.69, 9.17) is 4.74 Å². The highest BCUT2D eigenvalue weighted by atomic mass is 79.9. The summed E-state index contributed by atoms with van der Waals surface area (Å²) in [5.74, 6) is 0.215. The van der Waals surface area contributed by atoms with E-state index in [2.05, 4.69) is 21.2 Å². The maximum atomic E-state index is 12.9. The lowest BCUT2D eigenvalue weighted by Crippen LogP contribution is -2.64. The maximum Gasteiger partial charge on any atom is 0.408 e. The van der Waals surface area contributed by atoms with Gasteiger partial charge in [-0.05, 0) is 76.2 Å². The first-order valence-electron chi connectivity index (χ1n) is 10.1. The summed E-state index contributed by atoms with van der Waals surface area (Å²) in [6.07, 6.45) is 3.41. The van der Waals surface area contributed by atoms with Crippen molar-refractivity contribution in [1.82, 2.24) is 14.8 Å². The van der Waals surface area contributed by atoms with Crippen LogP contribution >= 0.6 is 15.9 Å². The number of aromatic nitrogens is 1. The summed E-state index contributed by atoms with van der Waals surface area (Å²) >= 11 is 3.42. The molecule has 0 aromatic carbocycles. The molecule has 2 amide bonds. The van der Waals surface area contributed by atoms with E-state index in [1.165, 1.54) is 15.5 Å². The Labute approximate surface area is 185 Å². The second-order valence-electron chi connectivity index (χ2n) is 9.35. The average Bonchev–Trinajstić information content (AvgIpc) is 2.59. The van der Waals surface area contributed by atoms with E-state index < -0.39 is 17.2 Å². The monoisotopic (exact) mass is 485 g/mol. The van der Waals surface area contributed by atoms with Gasteiger partial charge in [0.05, 0.1) is 10.6 Å². The van der Waals surface area contributed by atoms with Gasteiger partial charge < -0.3 is 19.7 Å². The van der Waals surface area contributed by atoms with Crippen LogP contribution < -0.4 is 15.6 Å². The zero-order valence-electron chi connectivity index (χ0n) is 18.5. The molecule has 0 spiro atoms. The van der Waals surface area contributed by atoms with E-state index in [0.717, 1.165) is 30.2 Å². The molecule has 168 valence electrons. The molecular formula is C21H32BrN3O5. The largest absolute Gasteiger partial charge is 0.489 e. The van der Waals surface area contributed by atoms with Gasteiger partial charge in [0, 0.05) is 30.9 Å². The van der Waals surface area contributed by atoms with Crippen LogP contribution in [0.2, 0.25) is 0 Å². The van der Waals surface area contributed by atoms with Crippen LogP contribution in [0.5, 0.6) is 5.75 Å². The molecule has 1 aromatic heterocycles. The van der Waals surface area contributed by atoms with Gasteiger partial charge in [0.15, 0.2) is 0 Å². The number of nitrogens with zero attached hydrogens (tertiary/aromatic N) is 2. The number of carbonyl (C=O) groups is 2. The number of ether oxygens (including phenoxy) is 1. The zero-order chi connectivity index (χ0) is 22.9. The molecule has 0 aliphatic heterocycles. The second kappa shape index (κ2) is 8.99. The highest BCUT2D eigenvalue weighted by molar-refractivity contribution is 9.10. The second-order valence-corrected chi connectivity index (χ2v) is 10.2. The van der Waals surface area contributed by atoms with Crippen LogP contribution in [0, 0.1) is 0 Å². The number of pyridine rings is 1. The number of rotatable bonds is 5. The van der Waals surface area contributed by atoms with Crippen molar-refractivity contribution in [2.24, 2.45) is 7.05 Å². The topological polar surface area (TPSA) is 101 Å². The highest BCUT2D eigenvalue weighted by Gasteiger charge is 2.44. The van der Waals surface area contributed by atoms with Crippen molar-refractivity contribution < 1.29 is 19.4 Å². The quantitative estimate of drug-likeness (QED) is 0.664. The van der Waals surface area contributed by atoms with Gasteiger partial charge in [-0.1, -0.05) is 0 Å². The van der Waals surface area contributed by atoms with Gasteiger partial charge in [-0.3, -0.25) is 14.5 Å². The Balaban J connectivity index is 1.97. The Kier molecular flexibility index (Phi) is 7.27. The summed E-state index contributed by atoms with van der Waals surface area (Å²) in [5, 5.41) is 12.7. The van der Waals surface area contributed by atoms with E-state index >= 15 is 0 Å². The number of aryl methyl sites for hydroxylation is 1. The number of hydrogen-bond acceptors (Lipinski definition) is 4. The third-order valence-corrected chi connectivity index (χ3v) is 6.02. The van der Waals surface area contributed by atoms with Gasteiger partial charge in [-0.25, -0.2) is 4.79 Å². The molecule has 1 aromatic rings. The first-order valence-corrected chi connectivity index (χ1v) is 10.9. The molecule has 1 aliphatic carbocycles. The van der Waals surface area contributed by atoms with Gasteiger partial charge in [-0.2, -0.15) is 0 Å². The molecule has 0 atom stereocenters. The van der Waals surface area contributed by atoms with Crippen LogP contribution in [0.3, 0.4) is 0 Å². The number of amides is 2. The fourth-order valence-corrected chi connectivity index (χ4v) is 4.52. The van der Waals surface area contributed by atoms with Crippen LogP contribution in [-0.4, -0.2) is 49.8 Å². The molecular weight excluding hydrogens is 454 g/mol. The van der Waals surface area contributed by atoms with Gasteiger partial charge in [0.25, 0.3) is 5.56 Å². The Morgan fingerprint density at radius 2 is 1.77 bits per heavy atom. The summed E-state index contributed by atoms with van der Waals surface area (Å²) < 4.78 is 8.19. The van der Waals surface area contributed by atoms with Gasteiger partial charge in [0.2, 0.25) is 5.91 Å². The molecule has 9 heteroatoms. The predicted octanol–water partition coefficient (Wildman–Crippen LogP) is 3.51. The number of carbonyl (C=O) groups excluding carboxylic acids is 1. The minimum atomic E-state index is -1.20. The van der Waals surface area contributed by atoms with Gasteiger partial charge in [0.1, 0.15) is 11.3 Å². The van der Waals surface area contributed by atoms with Gasteiger partial charge in [-0.15, -0.1) is 0 Å². The molecule has 2 rings (SSSR count). The molecule has 1 saturated carbocycles. The lowest BCUT2D eigenvalue weighted by atomic mass is 9.90. The first-order chi connectivity index (χ1) is 13.7. The fourth-order valence-electron chi connectivity index (χ4n) is 4.00. The van der Waals surface area contributed by atoms with Crippen molar-refractivity contribution in [3.63, 3.8) is 0 Å². The highest BCUT2D eigenvalue weighted by Crippen LogP contribution is 2.30. The lowest BCUT2D eigenvalue weighted by Gasteiger charge is -2.44. The SMILES string of the molecule is Cn1cc(Br)c(O[C@H]2CC[C@H](NC(=O)C(C)(C)N(C(=O)O)C(C)(C)C)CC2)cc1=O. The van der Waals surface area contributed by atoms with Gasteiger partial charge >= 0.3 is 6.09 Å². The third kappa shape index (κ3) is 5.56. The van der Waals surface area contributed by atoms with Crippen LogP contribution in [0.1, 0.15) is 60.3 Å². The van der Waals surface area contributed by atoms with Crippen LogP contribution in [0.4, 0.5) is 4.79 Å². The van der Waals surface area contributed by atoms with Crippen molar-refractivity contribution in [2.75, 3.05) is 0 Å². The molecule has 0 bridgehead atoms. The predicted molar refractivity (Wildman–Crippen MR) is 118 cm³/mol. The number of hydrogen-bond donors (Lipinski definition) is 2. The van der Waals surface area contributed by atoms with Crippen molar-refractivity contribution in [2.45, 2.75) is 83.5 Å². The molecule has 30 heavy (non-hydrogen) atoms. The third-order valence-electron chi connectivity index (χ3n) is 5.42. The molecule has 2 N–H and O–H groups in total. The zero-order valence-corrected chi connectivity index (χ0v) is 20.1. The van der Waals surface area contributed by atoms with Crippen molar-refractivity contribution in [3.05, 3.63) is 27.1 Å². The van der Waals surface area contributed by atoms with Crippen LogP contribution in [0.25, 0.3) is 0 Å². The van der Waals surface area contributed by atoms with Crippen molar-refractivity contribution in [1.29, 1.82) is 0 Å². The summed E-state index contributed by atoms with van der Waals surface area (Å²) in [4.78, 5) is 37.7. The van der Waals surface area contributed by atoms with E-state index in [9.17, 15) is 19.5 Å². The molecule has 8 nitrogen and oxygen atoms in total. The Bertz CT molecular complexity index is 851. The van der Waals surface area contributed by atoms with Crippen LogP contribution in [0.15, 0.2) is 21.5 Å². The minimum absolute atomic E-state index is 0.0420. The average molecular weight is 486 g/mol. The number of nitrogens with one attached hydrogen (secondary N) is 1. The maximum absolute atomic E-state index is 12.9. The molecule has 0 radical (unpaired) electrons. The Morgan fingerprint density at radius 3 is 2.27 bits per heavy atom. The fraction of sp³-hybridized carbons (Fsp3) is 0.667. The normalized spacial score (nSPS) is 19.8. The Morgan fingerprint density at radius 1 is 1.20 bits per heavy atom. The van der Waals surface area contributed by atoms with Crippen molar-refractivity contribution >= 4 is 27.9 Å². The van der Waals surface area contributed by atoms with Crippen molar-refractivity contribution in [3.8, 4) is 5.75 Å². The minimum Gasteiger partial charge on any atom is -0.489 e. The standard InChI is InChI=1S/C21H32BrN3O5/c1-20(2,3)25(19(28)29)21(4,5)18(27)23-13-7-9-14(10-8-13)30-16-11-17(26)24(6)12-15(16)22/h11-14H,7-10H2,1-6H3,(H,23,27)(H,28,29)/t13-,14-. The first kappa shape index (κ1) is 24.2. The molecule has 0 unspecified atom stereocenters. The van der Waals surface area contributed by atoms with E-state index in [-0.39, 0.29) is 23.6 Å². The summed E-state index contributed by atoms with van der Waals surface area (Å²) in [6.45, 7) is 8.57. The number of halogens is 1. The lowest BCUT2D eigenvalue weighted by molar-refractivity contribution is -0.134. The summed E-state index contributed by atoms with van der Waals surface area (Å²) in [7, 11) is 1.68. The van der Waals surface area contributed by atoms with E-state index in [1.54, 1.807) is 47.9 Å². The van der Waals surface area contributed by atoms with Crippen LogP contribution in [-0.2, 0) is 11.8 Å². The smallest absolute Gasteiger partial charge is 0.408 e. The van der Waals surface area contributed by atoms with E-state index in [1.807, 2.05) is 0 Å².